The molecule has 0 aliphatic rings. The van der Waals surface area contributed by atoms with Crippen LogP contribution >= 0.6 is 0 Å². The average molecular weight is 265 g/mol. The van der Waals surface area contributed by atoms with E-state index >= 15 is 0 Å². The van der Waals surface area contributed by atoms with E-state index in [1.165, 1.54) is 10.9 Å². The second kappa shape index (κ2) is 6.43. The number of alkyl halides is 2. The highest BCUT2D eigenvalue weighted by atomic mass is 19.3. The van der Waals surface area contributed by atoms with Crippen molar-refractivity contribution >= 4 is 0 Å². The van der Waals surface area contributed by atoms with Gasteiger partial charge in [-0.25, -0.2) is 8.78 Å². The highest BCUT2D eigenvalue weighted by Crippen LogP contribution is 2.23. The van der Waals surface area contributed by atoms with E-state index in [2.05, 4.69) is 10.4 Å². The van der Waals surface area contributed by atoms with Crippen molar-refractivity contribution in [3.8, 4) is 0 Å². The first kappa shape index (κ1) is 13.7. The Balaban J connectivity index is 2.22. The van der Waals surface area contributed by atoms with Crippen LogP contribution < -0.4 is 5.32 Å². The van der Waals surface area contributed by atoms with Gasteiger partial charge in [0.15, 0.2) is 0 Å². The molecule has 1 aromatic carbocycles. The molecule has 0 aliphatic heterocycles. The van der Waals surface area contributed by atoms with Gasteiger partial charge in [-0.15, -0.1) is 0 Å². The van der Waals surface area contributed by atoms with Crippen molar-refractivity contribution in [2.45, 2.75) is 26.4 Å². The fraction of sp³-hybridized carbons (Fsp3) is 0.357. The maximum Gasteiger partial charge on any atom is 0.280 e. The number of halogens is 2. The van der Waals surface area contributed by atoms with E-state index in [1.807, 2.05) is 37.3 Å². The lowest BCUT2D eigenvalue weighted by Gasteiger charge is -2.09. The second-order valence-electron chi connectivity index (χ2n) is 4.28. The van der Waals surface area contributed by atoms with Crippen molar-refractivity contribution in [3.05, 3.63) is 53.3 Å². The smallest absolute Gasteiger partial charge is 0.280 e. The highest BCUT2D eigenvalue weighted by molar-refractivity contribution is 5.22. The predicted octanol–water partition coefficient (Wildman–Crippen LogP) is 2.98. The summed E-state index contributed by atoms with van der Waals surface area (Å²) in [6.45, 7) is 3.47. The maximum atomic E-state index is 13.2. The molecule has 1 N–H and O–H groups in total. The first-order valence-electron chi connectivity index (χ1n) is 6.29. The number of rotatable bonds is 6. The minimum atomic E-state index is -2.51. The van der Waals surface area contributed by atoms with E-state index < -0.39 is 6.43 Å². The number of nitrogens with zero attached hydrogens (tertiary/aromatic N) is 2. The van der Waals surface area contributed by atoms with Crippen molar-refractivity contribution < 1.29 is 8.78 Å². The van der Waals surface area contributed by atoms with Crippen LogP contribution in [0.3, 0.4) is 0 Å². The Morgan fingerprint density at radius 2 is 2.00 bits per heavy atom. The summed E-state index contributed by atoms with van der Waals surface area (Å²) in [5.41, 5.74) is 1.53. The number of nitrogens with one attached hydrogen (secondary N) is 1. The van der Waals surface area contributed by atoms with Gasteiger partial charge in [0.05, 0.1) is 12.7 Å². The van der Waals surface area contributed by atoms with E-state index in [9.17, 15) is 8.78 Å². The summed E-state index contributed by atoms with van der Waals surface area (Å²) in [5, 5.41) is 7.13. The Kier molecular flexibility index (Phi) is 4.63. The predicted molar refractivity (Wildman–Crippen MR) is 70.1 cm³/mol. The number of aromatic nitrogens is 2. The van der Waals surface area contributed by atoms with Crippen molar-refractivity contribution in [1.82, 2.24) is 15.1 Å². The van der Waals surface area contributed by atoms with E-state index in [-0.39, 0.29) is 5.69 Å². The molecule has 0 fully saturated rings. The first-order chi connectivity index (χ1) is 9.22. The molecule has 5 heteroatoms. The van der Waals surface area contributed by atoms with Gasteiger partial charge in [0.1, 0.15) is 5.69 Å². The van der Waals surface area contributed by atoms with Crippen LogP contribution in [0, 0.1) is 0 Å². The molecule has 0 amide bonds. The van der Waals surface area contributed by atoms with Crippen molar-refractivity contribution in [2.24, 2.45) is 0 Å². The van der Waals surface area contributed by atoms with Gasteiger partial charge < -0.3 is 5.32 Å². The van der Waals surface area contributed by atoms with E-state index in [0.717, 1.165) is 12.1 Å². The number of hydrogen-bond donors (Lipinski definition) is 1. The first-order valence-corrected chi connectivity index (χ1v) is 6.29. The molecule has 19 heavy (non-hydrogen) atoms. The topological polar surface area (TPSA) is 29.9 Å². The minimum Gasteiger partial charge on any atom is -0.313 e. The molecule has 1 aromatic heterocycles. The molecule has 102 valence electrons. The van der Waals surface area contributed by atoms with Crippen molar-refractivity contribution in [1.29, 1.82) is 0 Å². The van der Waals surface area contributed by atoms with Crippen LogP contribution in [0.25, 0.3) is 0 Å². The summed E-state index contributed by atoms with van der Waals surface area (Å²) in [6.07, 6.45) is -0.993. The van der Waals surface area contributed by atoms with Crippen molar-refractivity contribution in [2.75, 3.05) is 6.54 Å². The zero-order chi connectivity index (χ0) is 13.7. The molecule has 0 radical (unpaired) electrons. The van der Waals surface area contributed by atoms with Crippen LogP contribution in [0.15, 0.2) is 36.5 Å². The summed E-state index contributed by atoms with van der Waals surface area (Å²) >= 11 is 0. The van der Waals surface area contributed by atoms with E-state index in [1.54, 1.807) is 0 Å². The number of benzene rings is 1. The molecular weight excluding hydrogens is 248 g/mol. The third-order valence-electron chi connectivity index (χ3n) is 2.91. The Morgan fingerprint density at radius 3 is 2.63 bits per heavy atom. The third kappa shape index (κ3) is 3.38. The fourth-order valence-corrected chi connectivity index (χ4v) is 1.96. The molecule has 0 saturated carbocycles. The lowest BCUT2D eigenvalue weighted by molar-refractivity contribution is 0.138. The van der Waals surface area contributed by atoms with Gasteiger partial charge in [-0.05, 0) is 12.1 Å². The summed E-state index contributed by atoms with van der Waals surface area (Å²) in [5.74, 6) is 0. The van der Waals surface area contributed by atoms with Gasteiger partial charge in [0, 0.05) is 12.1 Å². The Bertz CT molecular complexity index is 509. The molecule has 2 aromatic rings. The quantitative estimate of drug-likeness (QED) is 0.870. The van der Waals surface area contributed by atoms with Gasteiger partial charge in [-0.2, -0.15) is 5.10 Å². The van der Waals surface area contributed by atoms with Crippen molar-refractivity contribution in [3.63, 3.8) is 0 Å². The number of hydrogen-bond acceptors (Lipinski definition) is 2. The summed E-state index contributed by atoms with van der Waals surface area (Å²) in [4.78, 5) is 0. The summed E-state index contributed by atoms with van der Waals surface area (Å²) in [6, 6.07) is 9.49. The maximum absolute atomic E-state index is 13.2. The third-order valence-corrected chi connectivity index (χ3v) is 2.91. The molecule has 0 aliphatic carbocycles. The van der Waals surface area contributed by atoms with Crippen LogP contribution in [0.5, 0.6) is 0 Å². The summed E-state index contributed by atoms with van der Waals surface area (Å²) < 4.78 is 27.7. The largest absolute Gasteiger partial charge is 0.313 e. The van der Waals surface area contributed by atoms with Crippen LogP contribution in [0.4, 0.5) is 8.78 Å². The Labute approximate surface area is 111 Å². The average Bonchev–Trinajstić information content (AvgIpc) is 2.80. The second-order valence-corrected chi connectivity index (χ2v) is 4.28. The van der Waals surface area contributed by atoms with E-state index in [4.69, 9.17) is 0 Å². The van der Waals surface area contributed by atoms with Crippen LogP contribution in [0.1, 0.15) is 30.2 Å². The standard InChI is InChI=1S/C14H17F2N3/c1-2-17-8-12-9-18-19(13(12)14(15)16)10-11-6-4-3-5-7-11/h3-7,9,14,17H,2,8,10H2,1H3. The van der Waals surface area contributed by atoms with Gasteiger partial charge in [-0.1, -0.05) is 37.3 Å². The molecule has 0 atom stereocenters. The lowest BCUT2D eigenvalue weighted by Crippen LogP contribution is -2.14. The molecule has 1 heterocycles. The minimum absolute atomic E-state index is 0.00445. The zero-order valence-electron chi connectivity index (χ0n) is 10.8. The van der Waals surface area contributed by atoms with Gasteiger partial charge in [-0.3, -0.25) is 4.68 Å². The molecule has 0 bridgehead atoms. The molecular formula is C14H17F2N3. The van der Waals surface area contributed by atoms with Gasteiger partial charge in [0.2, 0.25) is 0 Å². The van der Waals surface area contributed by atoms with Crippen LogP contribution in [-0.2, 0) is 13.1 Å². The van der Waals surface area contributed by atoms with E-state index in [0.29, 0.717) is 18.7 Å². The van der Waals surface area contributed by atoms with Gasteiger partial charge >= 0.3 is 0 Å². The highest BCUT2D eigenvalue weighted by Gasteiger charge is 2.19. The lowest BCUT2D eigenvalue weighted by atomic mass is 10.2. The molecule has 0 saturated heterocycles. The summed E-state index contributed by atoms with van der Waals surface area (Å²) in [7, 11) is 0. The fourth-order valence-electron chi connectivity index (χ4n) is 1.96. The Hall–Kier alpha value is -1.75. The molecule has 3 nitrogen and oxygen atoms in total. The molecule has 0 spiro atoms. The monoisotopic (exact) mass is 265 g/mol. The normalized spacial score (nSPS) is 11.2. The van der Waals surface area contributed by atoms with Gasteiger partial charge in [0.25, 0.3) is 6.43 Å². The van der Waals surface area contributed by atoms with Crippen LogP contribution in [-0.4, -0.2) is 16.3 Å². The SMILES string of the molecule is CCNCc1cnn(Cc2ccccc2)c1C(F)F. The Morgan fingerprint density at radius 1 is 1.26 bits per heavy atom. The molecule has 2 rings (SSSR count). The van der Waals surface area contributed by atoms with Crippen LogP contribution in [0.2, 0.25) is 0 Å². The zero-order valence-corrected chi connectivity index (χ0v) is 10.8. The molecule has 0 unspecified atom stereocenters.